The van der Waals surface area contributed by atoms with E-state index in [4.69, 9.17) is 0 Å². The maximum absolute atomic E-state index is 13.3. The number of para-hydroxylation sites is 1. The molecule has 3 heterocycles. The van der Waals surface area contributed by atoms with Crippen molar-refractivity contribution in [3.05, 3.63) is 63.5 Å². The van der Waals surface area contributed by atoms with Gasteiger partial charge < -0.3 is 0 Å². The van der Waals surface area contributed by atoms with Crippen molar-refractivity contribution in [2.24, 2.45) is 34.5 Å². The molecule has 8 atom stereocenters. The standard InChI is InChI=1S/C20H17N3O2/c24-17-21(10-6-2-1-3-7-10)18(25)23-16-12-11-13-14(12)20(16)9-5-4-8-19(13,20)15(11)22(17)23/h1-7,11-16H,8-9H2/t11-,12-,13-,14+,15+,16+,19+,20-/m1/s1. The average Bonchev–Trinajstić information content (AvgIpc) is 2.86. The Kier molecular flexibility index (Phi) is 1.51. The number of hydrogen-bond donors (Lipinski definition) is 0. The van der Waals surface area contributed by atoms with Gasteiger partial charge >= 0.3 is 11.4 Å². The summed E-state index contributed by atoms with van der Waals surface area (Å²) in [6.45, 7) is 0. The second-order valence-electron chi connectivity index (χ2n) is 8.98. The van der Waals surface area contributed by atoms with Crippen LogP contribution in [0.1, 0.15) is 24.9 Å². The van der Waals surface area contributed by atoms with E-state index >= 15 is 0 Å². The van der Waals surface area contributed by atoms with Gasteiger partial charge in [-0.15, -0.1) is 0 Å². The Balaban J connectivity index is 1.47. The molecule has 5 heteroatoms. The van der Waals surface area contributed by atoms with Crippen LogP contribution in [0.2, 0.25) is 0 Å². The van der Waals surface area contributed by atoms with Crippen molar-refractivity contribution in [1.82, 2.24) is 13.9 Å². The molecule has 1 aromatic carbocycles. The quantitative estimate of drug-likeness (QED) is 0.748. The van der Waals surface area contributed by atoms with E-state index in [1.54, 1.807) is 0 Å². The van der Waals surface area contributed by atoms with Crippen LogP contribution in [0.25, 0.3) is 5.69 Å². The summed E-state index contributed by atoms with van der Waals surface area (Å²) in [5.74, 6) is 2.98. The summed E-state index contributed by atoms with van der Waals surface area (Å²) in [6, 6.07) is 9.91. The van der Waals surface area contributed by atoms with E-state index in [9.17, 15) is 9.59 Å². The molecule has 4 saturated carbocycles. The Labute approximate surface area is 143 Å². The third kappa shape index (κ3) is 0.783. The number of hydrogen-bond acceptors (Lipinski definition) is 2. The maximum Gasteiger partial charge on any atom is 0.352 e. The molecule has 2 aromatic rings. The average molecular weight is 331 g/mol. The smallest absolute Gasteiger partial charge is 0.245 e. The highest BCUT2D eigenvalue weighted by molar-refractivity contribution is 5.50. The van der Waals surface area contributed by atoms with E-state index in [-0.39, 0.29) is 34.3 Å². The lowest BCUT2D eigenvalue weighted by Crippen LogP contribution is -3.00. The number of aromatic nitrogens is 3. The van der Waals surface area contributed by atoms with Crippen molar-refractivity contribution in [1.29, 1.82) is 0 Å². The minimum atomic E-state index is -0.129. The van der Waals surface area contributed by atoms with Gasteiger partial charge in [0, 0.05) is 10.8 Å². The Bertz CT molecular complexity index is 1080. The van der Waals surface area contributed by atoms with Gasteiger partial charge in [-0.2, -0.15) is 0 Å². The molecule has 0 amide bonds. The molecule has 9 rings (SSSR count). The van der Waals surface area contributed by atoms with Crippen LogP contribution in [-0.2, 0) is 0 Å². The minimum Gasteiger partial charge on any atom is -0.245 e. The molecular formula is C20H17N3O2. The molecule has 25 heavy (non-hydrogen) atoms. The van der Waals surface area contributed by atoms with Crippen molar-refractivity contribution in [3.63, 3.8) is 0 Å². The fourth-order valence-corrected chi connectivity index (χ4v) is 8.86. The van der Waals surface area contributed by atoms with E-state index < -0.39 is 0 Å². The molecule has 1 aromatic heterocycles. The highest BCUT2D eigenvalue weighted by Crippen LogP contribution is 3.03. The van der Waals surface area contributed by atoms with Crippen molar-refractivity contribution in [2.45, 2.75) is 24.9 Å². The number of rotatable bonds is 1. The molecule has 5 aliphatic carbocycles. The van der Waals surface area contributed by atoms with Gasteiger partial charge in [-0.3, -0.25) is 0 Å². The SMILES string of the molecule is O=c1n(-c2ccccc2)c(=O)n2n1[C@H]1[C@@H]3[C@@H]4[C@H]5[C@@H]3[C@@]13CC=CC[C@]53[C@H]42. The van der Waals surface area contributed by atoms with Gasteiger partial charge in [-0.05, 0) is 48.6 Å². The van der Waals surface area contributed by atoms with Crippen molar-refractivity contribution in [2.75, 3.05) is 0 Å². The van der Waals surface area contributed by atoms with Crippen LogP contribution >= 0.6 is 0 Å². The summed E-state index contributed by atoms with van der Waals surface area (Å²) in [5, 5.41) is 0. The number of benzene rings is 1. The summed E-state index contributed by atoms with van der Waals surface area (Å²) in [6.07, 6.45) is 6.88. The number of allylic oxidation sites excluding steroid dienone is 2. The Morgan fingerprint density at radius 2 is 1.32 bits per heavy atom. The van der Waals surface area contributed by atoms with Crippen LogP contribution in [0, 0.1) is 34.5 Å². The largest absolute Gasteiger partial charge is 0.352 e. The second kappa shape index (κ2) is 3.11. The Morgan fingerprint density at radius 3 is 1.84 bits per heavy atom. The third-order valence-corrected chi connectivity index (χ3v) is 9.13. The van der Waals surface area contributed by atoms with Crippen LogP contribution in [0.3, 0.4) is 0 Å². The Hall–Kier alpha value is -2.30. The van der Waals surface area contributed by atoms with E-state index in [1.807, 2.05) is 39.7 Å². The zero-order valence-electron chi connectivity index (χ0n) is 13.6. The van der Waals surface area contributed by atoms with Crippen molar-refractivity contribution in [3.8, 4) is 5.69 Å². The fourth-order valence-electron chi connectivity index (χ4n) is 8.86. The van der Waals surface area contributed by atoms with Crippen LogP contribution < -0.4 is 11.4 Å². The highest BCUT2D eigenvalue weighted by atomic mass is 16.2. The van der Waals surface area contributed by atoms with Crippen molar-refractivity contribution >= 4 is 0 Å². The normalized spacial score (nSPS) is 50.6. The molecule has 0 saturated heterocycles. The second-order valence-corrected chi connectivity index (χ2v) is 8.98. The molecule has 2 bridgehead atoms. The molecule has 4 fully saturated rings. The Morgan fingerprint density at radius 1 is 0.800 bits per heavy atom. The maximum atomic E-state index is 13.3. The van der Waals surface area contributed by atoms with Crippen LogP contribution in [0.5, 0.6) is 0 Å². The predicted molar refractivity (Wildman–Crippen MR) is 89.6 cm³/mol. The topological polar surface area (TPSA) is 48.9 Å². The molecule has 0 unspecified atom stereocenters. The molecule has 0 N–H and O–H groups in total. The van der Waals surface area contributed by atoms with Gasteiger partial charge in [0.2, 0.25) is 0 Å². The van der Waals surface area contributed by atoms with Crippen LogP contribution in [0.15, 0.2) is 52.1 Å². The fraction of sp³-hybridized carbons (Fsp3) is 0.500. The van der Waals surface area contributed by atoms with Crippen LogP contribution in [-0.4, -0.2) is 13.9 Å². The molecule has 7 aliphatic rings. The summed E-state index contributed by atoms with van der Waals surface area (Å²) in [4.78, 5) is 26.6. The van der Waals surface area contributed by atoms with Gasteiger partial charge in [0.15, 0.2) is 0 Å². The first-order valence-corrected chi connectivity index (χ1v) is 9.42. The minimum absolute atomic E-state index is 0.129. The van der Waals surface area contributed by atoms with Gasteiger partial charge in [0.25, 0.3) is 0 Å². The summed E-state index contributed by atoms with van der Waals surface area (Å²) in [7, 11) is 0. The van der Waals surface area contributed by atoms with Gasteiger partial charge in [0.05, 0.1) is 17.8 Å². The summed E-state index contributed by atoms with van der Waals surface area (Å²) in [5.41, 5.74) is 1.01. The zero-order chi connectivity index (χ0) is 16.3. The number of nitrogens with zero attached hydrogens (tertiary/aromatic N) is 3. The van der Waals surface area contributed by atoms with Gasteiger partial charge in [-0.1, -0.05) is 30.4 Å². The molecular weight excluding hydrogens is 314 g/mol. The molecule has 124 valence electrons. The van der Waals surface area contributed by atoms with Gasteiger partial charge in [-0.25, -0.2) is 23.5 Å². The molecule has 5 nitrogen and oxygen atoms in total. The highest BCUT2D eigenvalue weighted by Gasteiger charge is 3.02. The lowest BCUT2D eigenvalue weighted by molar-refractivity contribution is -0.551. The summed E-state index contributed by atoms with van der Waals surface area (Å²) < 4.78 is 5.16. The van der Waals surface area contributed by atoms with E-state index in [0.29, 0.717) is 17.5 Å². The zero-order valence-corrected chi connectivity index (χ0v) is 13.6. The van der Waals surface area contributed by atoms with Crippen molar-refractivity contribution < 1.29 is 0 Å². The molecule has 0 radical (unpaired) electrons. The van der Waals surface area contributed by atoms with E-state index in [2.05, 4.69) is 12.2 Å². The van der Waals surface area contributed by atoms with E-state index in [0.717, 1.165) is 24.7 Å². The lowest BCUT2D eigenvalue weighted by Gasteiger charge is -3.01. The lowest BCUT2D eigenvalue weighted by atomic mass is 9.04. The first kappa shape index (κ1) is 12.1. The van der Waals surface area contributed by atoms with E-state index in [1.165, 1.54) is 4.57 Å². The summed E-state index contributed by atoms with van der Waals surface area (Å²) >= 11 is 0. The first-order valence-electron chi connectivity index (χ1n) is 9.42. The van der Waals surface area contributed by atoms with Gasteiger partial charge in [0.1, 0.15) is 0 Å². The van der Waals surface area contributed by atoms with Crippen LogP contribution in [0.4, 0.5) is 0 Å². The predicted octanol–water partition coefficient (Wildman–Crippen LogP) is 1.74. The molecule has 2 aliphatic heterocycles. The first-order chi connectivity index (χ1) is 12.2. The molecule has 2 spiro atoms. The third-order valence-electron chi connectivity index (χ3n) is 9.13. The monoisotopic (exact) mass is 331 g/mol.